The third-order valence-corrected chi connectivity index (χ3v) is 5.08. The lowest BCUT2D eigenvalue weighted by Gasteiger charge is -2.37. The summed E-state index contributed by atoms with van der Waals surface area (Å²) in [7, 11) is 0. The highest BCUT2D eigenvalue weighted by Crippen LogP contribution is 2.31. The fourth-order valence-corrected chi connectivity index (χ4v) is 4.03. The first-order valence-corrected chi connectivity index (χ1v) is 7.96. The molecule has 1 aromatic carbocycles. The summed E-state index contributed by atoms with van der Waals surface area (Å²) < 4.78 is 14.0. The van der Waals surface area contributed by atoms with Gasteiger partial charge in [-0.1, -0.05) is 28.9 Å². The van der Waals surface area contributed by atoms with Gasteiger partial charge in [0.05, 0.1) is 0 Å². The number of nitrogens with two attached hydrogens (primary N) is 1. The number of thioether (sulfide) groups is 1. The maximum Gasteiger partial charge on any atom is 0.124 e. The van der Waals surface area contributed by atoms with Crippen LogP contribution in [-0.4, -0.2) is 35.5 Å². The van der Waals surface area contributed by atoms with Gasteiger partial charge in [0.2, 0.25) is 0 Å². The van der Waals surface area contributed by atoms with Gasteiger partial charge in [0.25, 0.3) is 0 Å². The summed E-state index contributed by atoms with van der Waals surface area (Å²) >= 11 is 5.44. The van der Waals surface area contributed by atoms with Crippen LogP contribution < -0.4 is 5.73 Å². The SMILES string of the molecule is CC1CN(C(CN)c2ccc(F)cc2Br)CCS1. The van der Waals surface area contributed by atoms with Gasteiger partial charge in [0.15, 0.2) is 0 Å². The lowest BCUT2D eigenvalue weighted by atomic mass is 10.0. The Balaban J connectivity index is 2.21. The molecule has 1 aliphatic heterocycles. The van der Waals surface area contributed by atoms with Crippen LogP contribution in [0.2, 0.25) is 0 Å². The van der Waals surface area contributed by atoms with E-state index in [9.17, 15) is 4.39 Å². The van der Waals surface area contributed by atoms with Gasteiger partial charge in [-0.3, -0.25) is 4.90 Å². The first-order valence-electron chi connectivity index (χ1n) is 6.12. The summed E-state index contributed by atoms with van der Waals surface area (Å²) in [5.41, 5.74) is 7.01. The molecule has 1 saturated heterocycles. The topological polar surface area (TPSA) is 29.3 Å². The Morgan fingerprint density at radius 3 is 3.00 bits per heavy atom. The van der Waals surface area contributed by atoms with Gasteiger partial charge in [-0.25, -0.2) is 4.39 Å². The molecule has 18 heavy (non-hydrogen) atoms. The maximum atomic E-state index is 13.1. The van der Waals surface area contributed by atoms with Gasteiger partial charge in [0, 0.05) is 41.2 Å². The second kappa shape index (κ2) is 6.37. The summed E-state index contributed by atoms with van der Waals surface area (Å²) in [6.07, 6.45) is 0. The van der Waals surface area contributed by atoms with Gasteiger partial charge in [0.1, 0.15) is 5.82 Å². The summed E-state index contributed by atoms with van der Waals surface area (Å²) in [5.74, 6) is 0.917. The zero-order valence-corrected chi connectivity index (χ0v) is 12.8. The maximum absolute atomic E-state index is 13.1. The van der Waals surface area contributed by atoms with Crippen LogP contribution >= 0.6 is 27.7 Å². The van der Waals surface area contributed by atoms with Crippen molar-refractivity contribution in [3.63, 3.8) is 0 Å². The van der Waals surface area contributed by atoms with Crippen LogP contribution in [0, 0.1) is 5.82 Å². The zero-order valence-electron chi connectivity index (χ0n) is 10.4. The molecule has 2 atom stereocenters. The van der Waals surface area contributed by atoms with E-state index in [0.29, 0.717) is 11.8 Å². The van der Waals surface area contributed by atoms with E-state index in [-0.39, 0.29) is 11.9 Å². The highest BCUT2D eigenvalue weighted by molar-refractivity contribution is 9.10. The first kappa shape index (κ1) is 14.3. The van der Waals surface area contributed by atoms with Gasteiger partial charge >= 0.3 is 0 Å². The van der Waals surface area contributed by atoms with Crippen molar-refractivity contribution in [1.82, 2.24) is 4.90 Å². The van der Waals surface area contributed by atoms with Crippen molar-refractivity contribution in [2.24, 2.45) is 5.73 Å². The molecule has 0 amide bonds. The van der Waals surface area contributed by atoms with Crippen molar-refractivity contribution in [2.75, 3.05) is 25.4 Å². The fraction of sp³-hybridized carbons (Fsp3) is 0.538. The fourth-order valence-electron chi connectivity index (χ4n) is 2.37. The Labute approximate surface area is 120 Å². The van der Waals surface area contributed by atoms with Gasteiger partial charge in [-0.2, -0.15) is 11.8 Å². The standard InChI is InChI=1S/C13H18BrFN2S/c1-9-8-17(4-5-18-9)13(7-16)11-3-2-10(15)6-12(11)14/h2-3,6,9,13H,4-5,7-8,16H2,1H3. The molecule has 2 unspecified atom stereocenters. The predicted molar refractivity (Wildman–Crippen MR) is 79.4 cm³/mol. The molecule has 0 radical (unpaired) electrons. The van der Waals surface area contributed by atoms with Crippen LogP contribution in [0.4, 0.5) is 4.39 Å². The largest absolute Gasteiger partial charge is 0.329 e. The molecule has 5 heteroatoms. The number of hydrogen-bond donors (Lipinski definition) is 1. The average molecular weight is 333 g/mol. The van der Waals surface area contributed by atoms with Crippen LogP contribution in [0.5, 0.6) is 0 Å². The minimum atomic E-state index is -0.219. The van der Waals surface area contributed by atoms with Crippen molar-refractivity contribution in [3.05, 3.63) is 34.1 Å². The monoisotopic (exact) mass is 332 g/mol. The van der Waals surface area contributed by atoms with Crippen LogP contribution in [0.1, 0.15) is 18.5 Å². The number of rotatable bonds is 3. The lowest BCUT2D eigenvalue weighted by molar-refractivity contribution is 0.210. The molecule has 0 aliphatic carbocycles. The van der Waals surface area contributed by atoms with Crippen molar-refractivity contribution < 1.29 is 4.39 Å². The van der Waals surface area contributed by atoms with Crippen molar-refractivity contribution in [3.8, 4) is 0 Å². The van der Waals surface area contributed by atoms with Crippen molar-refractivity contribution in [1.29, 1.82) is 0 Å². The minimum absolute atomic E-state index is 0.170. The van der Waals surface area contributed by atoms with E-state index in [4.69, 9.17) is 5.73 Å². The van der Waals surface area contributed by atoms with E-state index < -0.39 is 0 Å². The van der Waals surface area contributed by atoms with Crippen LogP contribution in [0.3, 0.4) is 0 Å². The summed E-state index contributed by atoms with van der Waals surface area (Å²) in [6, 6.07) is 5.03. The molecule has 0 aromatic heterocycles. The third kappa shape index (κ3) is 3.26. The molecule has 100 valence electrons. The lowest BCUT2D eigenvalue weighted by Crippen LogP contribution is -2.42. The molecular formula is C13H18BrFN2S. The molecule has 1 aliphatic rings. The second-order valence-electron chi connectivity index (χ2n) is 4.59. The Morgan fingerprint density at radius 1 is 1.61 bits per heavy atom. The molecule has 2 N–H and O–H groups in total. The van der Waals surface area contributed by atoms with Gasteiger partial charge in [-0.15, -0.1) is 0 Å². The molecule has 1 aromatic rings. The van der Waals surface area contributed by atoms with E-state index in [2.05, 4.69) is 27.8 Å². The van der Waals surface area contributed by atoms with Gasteiger partial charge in [-0.05, 0) is 17.7 Å². The van der Waals surface area contributed by atoms with Crippen LogP contribution in [0.15, 0.2) is 22.7 Å². The number of halogens is 2. The van der Waals surface area contributed by atoms with E-state index >= 15 is 0 Å². The molecule has 1 heterocycles. The van der Waals surface area contributed by atoms with Crippen molar-refractivity contribution in [2.45, 2.75) is 18.2 Å². The van der Waals surface area contributed by atoms with E-state index in [1.165, 1.54) is 12.1 Å². The quantitative estimate of drug-likeness (QED) is 0.922. The highest BCUT2D eigenvalue weighted by atomic mass is 79.9. The van der Waals surface area contributed by atoms with Crippen LogP contribution in [0.25, 0.3) is 0 Å². The summed E-state index contributed by atoms with van der Waals surface area (Å²) in [6.45, 7) is 4.88. The second-order valence-corrected chi connectivity index (χ2v) is 6.99. The predicted octanol–water partition coefficient (Wildman–Crippen LogP) is 3.03. The Hall–Kier alpha value is -0.100. The third-order valence-electron chi connectivity index (χ3n) is 3.26. The number of benzene rings is 1. The summed E-state index contributed by atoms with van der Waals surface area (Å²) in [5, 5.41) is 0.632. The molecule has 2 rings (SSSR count). The smallest absolute Gasteiger partial charge is 0.124 e. The molecular weight excluding hydrogens is 315 g/mol. The van der Waals surface area contributed by atoms with Crippen LogP contribution in [-0.2, 0) is 0 Å². The average Bonchev–Trinajstić information content (AvgIpc) is 2.33. The van der Waals surface area contributed by atoms with E-state index in [1.54, 1.807) is 0 Å². The minimum Gasteiger partial charge on any atom is -0.329 e. The Morgan fingerprint density at radius 2 is 2.39 bits per heavy atom. The Kier molecular flexibility index (Phi) is 5.06. The Bertz CT molecular complexity index is 416. The van der Waals surface area contributed by atoms with E-state index in [0.717, 1.165) is 28.9 Å². The van der Waals surface area contributed by atoms with Crippen molar-refractivity contribution >= 4 is 27.7 Å². The first-order chi connectivity index (χ1) is 8.61. The highest BCUT2D eigenvalue weighted by Gasteiger charge is 2.25. The number of hydrogen-bond acceptors (Lipinski definition) is 3. The summed E-state index contributed by atoms with van der Waals surface area (Å²) in [4.78, 5) is 2.40. The normalized spacial score (nSPS) is 23.0. The van der Waals surface area contributed by atoms with E-state index in [1.807, 2.05) is 17.8 Å². The van der Waals surface area contributed by atoms with Gasteiger partial charge < -0.3 is 5.73 Å². The molecule has 0 spiro atoms. The molecule has 2 nitrogen and oxygen atoms in total. The molecule has 0 bridgehead atoms. The molecule has 0 saturated carbocycles. The molecule has 1 fully saturated rings. The number of nitrogens with zero attached hydrogens (tertiary/aromatic N) is 1. The zero-order chi connectivity index (χ0) is 13.1.